The molecule has 0 radical (unpaired) electrons. The van der Waals surface area contributed by atoms with E-state index in [0.717, 1.165) is 0 Å². The maximum Gasteiger partial charge on any atom is 0.326 e. The number of amides is 4. The van der Waals surface area contributed by atoms with Gasteiger partial charge < -0.3 is 57.6 Å². The standard InChI is InChI=1S/C23H33N5O16/c24-9(1-4-14(29)30)19(39)25-10(2-5-15(31)32)20(40)26-11(3-6-16(33)34)21(41)27-12(7-17(35)36)22(42)28-13(23(43)44)8-18(37)38/h9-13H,1-8,24H2,(H,25,39)(H,26,40)(H,27,41)(H,28,42)(H,29,30)(H,31,32)(H,33,34)(H,35,36)(H,37,38)(H,43,44)/t9-,10-,11-,12-,13-/m0/s1. The van der Waals surface area contributed by atoms with Crippen molar-refractivity contribution in [3.63, 3.8) is 0 Å². The highest BCUT2D eigenvalue weighted by molar-refractivity contribution is 5.97. The van der Waals surface area contributed by atoms with E-state index in [2.05, 4.69) is 10.6 Å². The number of nitrogens with one attached hydrogen (secondary N) is 4. The molecule has 0 aliphatic rings. The van der Waals surface area contributed by atoms with Crippen LogP contribution >= 0.6 is 0 Å². The second kappa shape index (κ2) is 19.0. The molecule has 0 rings (SSSR count). The SMILES string of the molecule is N[C@@H](CCC(=O)O)C(=O)N[C@@H](CCC(=O)O)C(=O)N[C@@H](CCC(=O)O)C(=O)N[C@@H](CC(=O)O)C(=O)N[C@@H](CC(=O)O)C(=O)O. The summed E-state index contributed by atoms with van der Waals surface area (Å²) in [5.74, 6) is -14.4. The smallest absolute Gasteiger partial charge is 0.326 e. The van der Waals surface area contributed by atoms with E-state index in [1.54, 1.807) is 5.32 Å². The third-order valence-corrected chi connectivity index (χ3v) is 5.57. The van der Waals surface area contributed by atoms with Crippen molar-refractivity contribution in [1.82, 2.24) is 21.3 Å². The summed E-state index contributed by atoms with van der Waals surface area (Å²) in [6.07, 6.45) is -5.89. The van der Waals surface area contributed by atoms with Gasteiger partial charge in [-0.1, -0.05) is 0 Å². The van der Waals surface area contributed by atoms with Gasteiger partial charge in [-0.15, -0.1) is 0 Å². The Morgan fingerprint density at radius 1 is 0.432 bits per heavy atom. The summed E-state index contributed by atoms with van der Waals surface area (Å²) in [6.45, 7) is 0. The molecule has 0 bridgehead atoms. The summed E-state index contributed by atoms with van der Waals surface area (Å²) >= 11 is 0. The Hall–Kier alpha value is -5.34. The highest BCUT2D eigenvalue weighted by Gasteiger charge is 2.33. The van der Waals surface area contributed by atoms with Crippen LogP contribution in [0.15, 0.2) is 0 Å². The molecule has 5 atom stereocenters. The number of nitrogens with two attached hydrogens (primary N) is 1. The normalized spacial score (nSPS) is 13.9. The van der Waals surface area contributed by atoms with Gasteiger partial charge in [0.2, 0.25) is 23.6 Å². The fraction of sp³-hybridized carbons (Fsp3) is 0.565. The van der Waals surface area contributed by atoms with Gasteiger partial charge in [0.25, 0.3) is 0 Å². The second-order valence-electron chi connectivity index (χ2n) is 9.18. The third kappa shape index (κ3) is 16.2. The van der Waals surface area contributed by atoms with Crippen LogP contribution in [0.2, 0.25) is 0 Å². The van der Waals surface area contributed by atoms with Crippen molar-refractivity contribution in [3.8, 4) is 0 Å². The van der Waals surface area contributed by atoms with Crippen LogP contribution in [-0.4, -0.2) is 120 Å². The van der Waals surface area contributed by atoms with Crippen molar-refractivity contribution in [3.05, 3.63) is 0 Å². The van der Waals surface area contributed by atoms with E-state index in [1.165, 1.54) is 0 Å². The zero-order chi connectivity index (χ0) is 34.1. The van der Waals surface area contributed by atoms with Crippen molar-refractivity contribution in [2.45, 2.75) is 81.6 Å². The largest absolute Gasteiger partial charge is 0.481 e. The van der Waals surface area contributed by atoms with Gasteiger partial charge in [0.1, 0.15) is 24.2 Å². The van der Waals surface area contributed by atoms with Crippen LogP contribution in [0.4, 0.5) is 0 Å². The van der Waals surface area contributed by atoms with Gasteiger partial charge in [0.15, 0.2) is 0 Å². The molecule has 0 heterocycles. The number of carbonyl (C=O) groups is 10. The molecule has 246 valence electrons. The van der Waals surface area contributed by atoms with Crippen LogP contribution in [0.5, 0.6) is 0 Å². The molecule has 0 spiro atoms. The average Bonchev–Trinajstić information content (AvgIpc) is 2.89. The number of carboxylic acid groups (broad SMARTS) is 6. The quantitative estimate of drug-likeness (QED) is 0.0538. The van der Waals surface area contributed by atoms with Gasteiger partial charge in [-0.2, -0.15) is 0 Å². The highest BCUT2D eigenvalue weighted by Crippen LogP contribution is 2.06. The molecule has 21 heteroatoms. The zero-order valence-electron chi connectivity index (χ0n) is 22.9. The second-order valence-corrected chi connectivity index (χ2v) is 9.18. The monoisotopic (exact) mass is 635 g/mol. The molecular weight excluding hydrogens is 602 g/mol. The Morgan fingerprint density at radius 3 is 1.14 bits per heavy atom. The average molecular weight is 636 g/mol. The minimum absolute atomic E-state index is 0.361. The van der Waals surface area contributed by atoms with Crippen molar-refractivity contribution >= 4 is 59.4 Å². The van der Waals surface area contributed by atoms with E-state index in [0.29, 0.717) is 0 Å². The Morgan fingerprint density at radius 2 is 0.750 bits per heavy atom. The summed E-state index contributed by atoms with van der Waals surface area (Å²) in [6, 6.07) is -9.06. The van der Waals surface area contributed by atoms with Gasteiger partial charge in [0.05, 0.1) is 18.9 Å². The maximum absolute atomic E-state index is 13.0. The van der Waals surface area contributed by atoms with E-state index in [1.807, 2.05) is 5.32 Å². The summed E-state index contributed by atoms with van der Waals surface area (Å²) in [5.41, 5.74) is 5.60. The van der Waals surface area contributed by atoms with Gasteiger partial charge in [-0.05, 0) is 19.3 Å². The number of hydrogen-bond donors (Lipinski definition) is 11. The summed E-state index contributed by atoms with van der Waals surface area (Å²) in [4.78, 5) is 117. The molecule has 0 aliphatic carbocycles. The minimum Gasteiger partial charge on any atom is -0.481 e. The van der Waals surface area contributed by atoms with Crippen LogP contribution in [0, 0.1) is 0 Å². The van der Waals surface area contributed by atoms with Gasteiger partial charge in [-0.25, -0.2) is 4.79 Å². The Balaban J connectivity index is 6.02. The molecule has 4 amide bonds. The molecule has 44 heavy (non-hydrogen) atoms. The lowest BCUT2D eigenvalue weighted by atomic mass is 10.1. The summed E-state index contributed by atoms with van der Waals surface area (Å²) in [5, 5.41) is 61.7. The molecule has 0 aromatic rings. The summed E-state index contributed by atoms with van der Waals surface area (Å²) < 4.78 is 0. The zero-order valence-corrected chi connectivity index (χ0v) is 22.9. The molecule has 0 saturated carbocycles. The van der Waals surface area contributed by atoms with Gasteiger partial charge in [0, 0.05) is 19.3 Å². The Bertz CT molecular complexity index is 1140. The van der Waals surface area contributed by atoms with E-state index in [4.69, 9.17) is 36.4 Å². The van der Waals surface area contributed by atoms with Crippen molar-refractivity contribution < 1.29 is 78.6 Å². The number of aliphatic carboxylic acids is 6. The van der Waals surface area contributed by atoms with E-state index in [-0.39, 0.29) is 6.42 Å². The van der Waals surface area contributed by atoms with Crippen molar-refractivity contribution in [1.29, 1.82) is 0 Å². The van der Waals surface area contributed by atoms with Gasteiger partial charge in [-0.3, -0.25) is 43.2 Å². The summed E-state index contributed by atoms with van der Waals surface area (Å²) in [7, 11) is 0. The van der Waals surface area contributed by atoms with Gasteiger partial charge >= 0.3 is 35.8 Å². The molecule has 0 aliphatic heterocycles. The number of hydrogen-bond acceptors (Lipinski definition) is 11. The molecule has 0 aromatic carbocycles. The number of carboxylic acids is 6. The van der Waals surface area contributed by atoms with E-state index < -0.39 is 135 Å². The predicted molar refractivity (Wildman–Crippen MR) is 138 cm³/mol. The molecule has 0 unspecified atom stereocenters. The van der Waals surface area contributed by atoms with Crippen LogP contribution in [0.3, 0.4) is 0 Å². The molecule has 0 aromatic heterocycles. The molecule has 0 saturated heterocycles. The maximum atomic E-state index is 13.0. The van der Waals surface area contributed by atoms with Crippen molar-refractivity contribution in [2.75, 3.05) is 0 Å². The van der Waals surface area contributed by atoms with Crippen LogP contribution < -0.4 is 27.0 Å². The fourth-order valence-electron chi connectivity index (χ4n) is 3.34. The fourth-order valence-corrected chi connectivity index (χ4v) is 3.34. The lowest BCUT2D eigenvalue weighted by Crippen LogP contribution is -2.59. The lowest BCUT2D eigenvalue weighted by Gasteiger charge is -2.25. The first-order valence-corrected chi connectivity index (χ1v) is 12.6. The highest BCUT2D eigenvalue weighted by atomic mass is 16.4. The van der Waals surface area contributed by atoms with E-state index in [9.17, 15) is 47.9 Å². The molecule has 12 N–H and O–H groups in total. The van der Waals surface area contributed by atoms with Crippen molar-refractivity contribution in [2.24, 2.45) is 5.73 Å². The number of rotatable bonds is 22. The third-order valence-electron chi connectivity index (χ3n) is 5.57. The van der Waals surface area contributed by atoms with E-state index >= 15 is 0 Å². The van der Waals surface area contributed by atoms with Crippen LogP contribution in [0.1, 0.15) is 51.4 Å². The lowest BCUT2D eigenvalue weighted by molar-refractivity contribution is -0.148. The van der Waals surface area contributed by atoms with Crippen LogP contribution in [0.25, 0.3) is 0 Å². The topological polar surface area (TPSA) is 366 Å². The predicted octanol–water partition coefficient (Wildman–Crippen LogP) is -4.12. The minimum atomic E-state index is -2.05. The molecule has 21 nitrogen and oxygen atoms in total. The molecule has 0 fully saturated rings. The van der Waals surface area contributed by atoms with Crippen LogP contribution in [-0.2, 0) is 47.9 Å². The Kier molecular flexibility index (Phi) is 16.7. The molecular formula is C23H33N5O16. The number of carbonyl (C=O) groups excluding carboxylic acids is 4. The first kappa shape index (κ1) is 38.7. The Labute approximate surface area is 247 Å². The first-order chi connectivity index (χ1) is 20.3. The first-order valence-electron chi connectivity index (χ1n) is 12.6.